The van der Waals surface area contributed by atoms with E-state index in [1.807, 2.05) is 29.8 Å². The third-order valence-electron chi connectivity index (χ3n) is 3.28. The van der Waals surface area contributed by atoms with Gasteiger partial charge in [-0.3, -0.25) is 0 Å². The van der Waals surface area contributed by atoms with Crippen LogP contribution in [0.4, 0.5) is 0 Å². The third-order valence-corrected chi connectivity index (χ3v) is 4.17. The van der Waals surface area contributed by atoms with Crippen LogP contribution < -0.4 is 5.32 Å². The van der Waals surface area contributed by atoms with Gasteiger partial charge in [-0.2, -0.15) is 0 Å². The summed E-state index contributed by atoms with van der Waals surface area (Å²) in [5.41, 5.74) is 0.958. The van der Waals surface area contributed by atoms with Crippen molar-refractivity contribution in [3.8, 4) is 5.75 Å². The van der Waals surface area contributed by atoms with Crippen LogP contribution in [0.3, 0.4) is 0 Å². The second kappa shape index (κ2) is 6.68. The van der Waals surface area contributed by atoms with E-state index in [1.165, 1.54) is 0 Å². The number of thiazole rings is 1. The zero-order valence-electron chi connectivity index (χ0n) is 11.3. The van der Waals surface area contributed by atoms with E-state index >= 15 is 0 Å². The van der Waals surface area contributed by atoms with Crippen molar-refractivity contribution in [3.63, 3.8) is 0 Å². The average molecular weight is 276 g/mol. The molecule has 0 fully saturated rings. The second-order valence-corrected chi connectivity index (χ2v) is 5.44. The van der Waals surface area contributed by atoms with Crippen LogP contribution >= 0.6 is 11.3 Å². The molecule has 0 aliphatic heterocycles. The summed E-state index contributed by atoms with van der Waals surface area (Å²) < 4.78 is 0. The second-order valence-electron chi connectivity index (χ2n) is 4.52. The van der Waals surface area contributed by atoms with Gasteiger partial charge < -0.3 is 10.4 Å². The summed E-state index contributed by atoms with van der Waals surface area (Å²) in [5, 5.41) is 16.7. The minimum Gasteiger partial charge on any atom is -0.508 e. The molecule has 1 aromatic heterocycles. The maximum absolute atomic E-state index is 9.98. The number of para-hydroxylation sites is 1. The molecule has 0 amide bonds. The predicted octanol–water partition coefficient (Wildman–Crippen LogP) is 4.04. The Morgan fingerprint density at radius 3 is 2.53 bits per heavy atom. The molecular weight excluding hydrogens is 256 g/mol. The largest absolute Gasteiger partial charge is 0.508 e. The number of nitrogens with zero attached hydrogens (tertiary/aromatic N) is 1. The number of hydrogen-bond donors (Lipinski definition) is 2. The molecule has 0 aliphatic carbocycles. The lowest BCUT2D eigenvalue weighted by molar-refractivity contribution is 0.401. The van der Waals surface area contributed by atoms with Gasteiger partial charge >= 0.3 is 0 Å². The Bertz CT molecular complexity index is 499. The van der Waals surface area contributed by atoms with Crippen molar-refractivity contribution in [2.24, 2.45) is 0 Å². The van der Waals surface area contributed by atoms with Gasteiger partial charge in [-0.05, 0) is 18.9 Å². The SMILES string of the molecule is CCC(NC(CC)c1ccccc1O)c1nccs1. The topological polar surface area (TPSA) is 45.1 Å². The molecule has 102 valence electrons. The number of rotatable bonds is 6. The van der Waals surface area contributed by atoms with Crippen molar-refractivity contribution in [3.05, 3.63) is 46.4 Å². The smallest absolute Gasteiger partial charge is 0.120 e. The van der Waals surface area contributed by atoms with Crippen LogP contribution in [0.15, 0.2) is 35.8 Å². The summed E-state index contributed by atoms with van der Waals surface area (Å²) in [4.78, 5) is 4.38. The van der Waals surface area contributed by atoms with E-state index in [1.54, 1.807) is 17.4 Å². The summed E-state index contributed by atoms with van der Waals surface area (Å²) in [6.07, 6.45) is 3.75. The van der Waals surface area contributed by atoms with Gasteiger partial charge in [0.25, 0.3) is 0 Å². The van der Waals surface area contributed by atoms with Gasteiger partial charge in [-0.25, -0.2) is 4.98 Å². The van der Waals surface area contributed by atoms with Crippen molar-refractivity contribution in [2.75, 3.05) is 0 Å². The summed E-state index contributed by atoms with van der Waals surface area (Å²) in [6.45, 7) is 4.27. The highest BCUT2D eigenvalue weighted by atomic mass is 32.1. The van der Waals surface area contributed by atoms with Gasteiger partial charge in [0.15, 0.2) is 0 Å². The molecule has 2 unspecified atom stereocenters. The van der Waals surface area contributed by atoms with E-state index in [4.69, 9.17) is 0 Å². The minimum atomic E-state index is 0.148. The molecular formula is C15H20N2OS. The van der Waals surface area contributed by atoms with Crippen LogP contribution in [0.2, 0.25) is 0 Å². The normalized spacial score (nSPS) is 14.2. The molecule has 2 N–H and O–H groups in total. The van der Waals surface area contributed by atoms with Crippen LogP contribution in [0.1, 0.15) is 49.3 Å². The molecule has 1 heterocycles. The maximum atomic E-state index is 9.98. The lowest BCUT2D eigenvalue weighted by atomic mass is 10.0. The van der Waals surface area contributed by atoms with Crippen LogP contribution in [-0.4, -0.2) is 10.1 Å². The number of nitrogens with one attached hydrogen (secondary N) is 1. The first kappa shape index (κ1) is 14.0. The number of phenolic OH excluding ortho intramolecular Hbond substituents is 1. The molecule has 0 aliphatic rings. The molecule has 3 nitrogen and oxygen atoms in total. The van der Waals surface area contributed by atoms with Crippen LogP contribution in [0.25, 0.3) is 0 Å². The standard InChI is InChI=1S/C15H20N2OS/c1-3-12(11-7-5-6-8-14(11)18)17-13(4-2)15-16-9-10-19-15/h5-10,12-13,17-18H,3-4H2,1-2H3. The lowest BCUT2D eigenvalue weighted by Crippen LogP contribution is -2.25. The number of aromatic hydroxyl groups is 1. The van der Waals surface area contributed by atoms with E-state index in [0.29, 0.717) is 5.75 Å². The highest BCUT2D eigenvalue weighted by Gasteiger charge is 2.19. The molecule has 0 radical (unpaired) electrons. The van der Waals surface area contributed by atoms with Crippen LogP contribution in [0, 0.1) is 0 Å². The Kier molecular flexibility index (Phi) is 4.93. The summed E-state index contributed by atoms with van der Waals surface area (Å²) in [7, 11) is 0. The quantitative estimate of drug-likeness (QED) is 0.837. The Balaban J connectivity index is 2.17. The lowest BCUT2D eigenvalue weighted by Gasteiger charge is -2.23. The number of hydrogen-bond acceptors (Lipinski definition) is 4. The van der Waals surface area contributed by atoms with Crippen LogP contribution in [0.5, 0.6) is 5.75 Å². The Morgan fingerprint density at radius 2 is 1.95 bits per heavy atom. The number of phenols is 1. The Morgan fingerprint density at radius 1 is 1.21 bits per heavy atom. The van der Waals surface area contributed by atoms with Crippen LogP contribution in [-0.2, 0) is 0 Å². The average Bonchev–Trinajstić information content (AvgIpc) is 2.95. The first-order valence-corrected chi connectivity index (χ1v) is 7.57. The molecule has 2 aromatic rings. The fraction of sp³-hybridized carbons (Fsp3) is 0.400. The van der Waals surface area contributed by atoms with E-state index in [0.717, 1.165) is 23.4 Å². The first-order valence-electron chi connectivity index (χ1n) is 6.69. The highest BCUT2D eigenvalue weighted by Crippen LogP contribution is 2.29. The molecule has 0 saturated carbocycles. The van der Waals surface area contributed by atoms with E-state index in [9.17, 15) is 5.11 Å². The molecule has 0 saturated heterocycles. The molecule has 2 rings (SSSR count). The van der Waals surface area contributed by atoms with E-state index in [-0.39, 0.29) is 12.1 Å². The monoisotopic (exact) mass is 276 g/mol. The zero-order valence-corrected chi connectivity index (χ0v) is 12.2. The third kappa shape index (κ3) is 3.33. The zero-order chi connectivity index (χ0) is 13.7. The Labute approximate surface area is 118 Å². The molecule has 1 aromatic carbocycles. The summed E-state index contributed by atoms with van der Waals surface area (Å²) in [6, 6.07) is 7.92. The highest BCUT2D eigenvalue weighted by molar-refractivity contribution is 7.09. The predicted molar refractivity (Wildman–Crippen MR) is 79.4 cm³/mol. The van der Waals surface area contributed by atoms with Gasteiger partial charge in [-0.15, -0.1) is 11.3 Å². The molecule has 2 atom stereocenters. The number of aromatic nitrogens is 1. The van der Waals surface area contributed by atoms with Gasteiger partial charge in [0, 0.05) is 23.2 Å². The fourth-order valence-corrected chi connectivity index (χ4v) is 3.00. The first-order chi connectivity index (χ1) is 9.26. The van der Waals surface area contributed by atoms with Crippen molar-refractivity contribution in [1.82, 2.24) is 10.3 Å². The fourth-order valence-electron chi connectivity index (χ4n) is 2.22. The van der Waals surface area contributed by atoms with Gasteiger partial charge in [0.1, 0.15) is 10.8 Å². The minimum absolute atomic E-state index is 0.148. The number of benzene rings is 1. The molecule has 19 heavy (non-hydrogen) atoms. The van der Waals surface area contributed by atoms with Crippen molar-refractivity contribution in [1.29, 1.82) is 0 Å². The van der Waals surface area contributed by atoms with Crippen molar-refractivity contribution >= 4 is 11.3 Å². The molecule has 4 heteroatoms. The van der Waals surface area contributed by atoms with Gasteiger partial charge in [0.05, 0.1) is 6.04 Å². The molecule has 0 bridgehead atoms. The van der Waals surface area contributed by atoms with Crippen molar-refractivity contribution < 1.29 is 5.11 Å². The van der Waals surface area contributed by atoms with Gasteiger partial charge in [-0.1, -0.05) is 32.0 Å². The van der Waals surface area contributed by atoms with Crippen molar-refractivity contribution in [2.45, 2.75) is 38.8 Å². The van der Waals surface area contributed by atoms with E-state index < -0.39 is 0 Å². The Hall–Kier alpha value is -1.39. The summed E-state index contributed by atoms with van der Waals surface area (Å²) >= 11 is 1.67. The molecule has 0 spiro atoms. The van der Waals surface area contributed by atoms with Gasteiger partial charge in [0.2, 0.25) is 0 Å². The summed E-state index contributed by atoms with van der Waals surface area (Å²) in [5.74, 6) is 0.357. The van der Waals surface area contributed by atoms with E-state index in [2.05, 4.69) is 24.1 Å². The maximum Gasteiger partial charge on any atom is 0.120 e.